The molecule has 1 aromatic carbocycles. The molecule has 1 rings (SSSR count). The molecular weight excluding hydrogens is 274 g/mol. The van der Waals surface area contributed by atoms with Crippen LogP contribution in [0.3, 0.4) is 0 Å². The lowest BCUT2D eigenvalue weighted by molar-refractivity contribution is -0.139. The highest BCUT2D eigenvalue weighted by Crippen LogP contribution is 2.25. The first-order chi connectivity index (χ1) is 10.0. The van der Waals surface area contributed by atoms with E-state index in [-0.39, 0.29) is 18.2 Å². The Morgan fingerprint density at radius 3 is 2.52 bits per heavy atom. The van der Waals surface area contributed by atoms with Gasteiger partial charge in [-0.05, 0) is 44.0 Å². The first-order valence-corrected chi connectivity index (χ1v) is 6.64. The van der Waals surface area contributed by atoms with Gasteiger partial charge in [0.15, 0.2) is 5.71 Å². The highest BCUT2D eigenvalue weighted by Gasteiger charge is 2.16. The number of esters is 1. The first kappa shape index (κ1) is 16.8. The van der Waals surface area contributed by atoms with Crippen molar-refractivity contribution in [2.45, 2.75) is 32.8 Å². The zero-order valence-electron chi connectivity index (χ0n) is 12.8. The van der Waals surface area contributed by atoms with Crippen LogP contribution in [0.2, 0.25) is 0 Å². The predicted molar refractivity (Wildman–Crippen MR) is 78.3 cm³/mol. The average Bonchev–Trinajstić information content (AvgIpc) is 2.46. The van der Waals surface area contributed by atoms with Crippen LogP contribution in [-0.4, -0.2) is 37.2 Å². The fourth-order valence-electron chi connectivity index (χ4n) is 1.81. The second kappa shape index (κ2) is 8.14. The maximum atomic E-state index is 11.7. The van der Waals surface area contributed by atoms with Gasteiger partial charge in [-0.25, -0.2) is 4.79 Å². The molecule has 0 atom stereocenters. The number of hydrogen-bond donors (Lipinski definition) is 1. The molecule has 1 aromatic rings. The van der Waals surface area contributed by atoms with Gasteiger partial charge in [0.25, 0.3) is 0 Å². The number of aryl methyl sites for hydroxylation is 1. The summed E-state index contributed by atoms with van der Waals surface area (Å²) in [6.45, 7) is 3.47. The Kier molecular flexibility index (Phi) is 6.52. The van der Waals surface area contributed by atoms with E-state index in [0.29, 0.717) is 17.9 Å². The molecule has 0 bridgehead atoms. The molecule has 0 heterocycles. The molecule has 0 radical (unpaired) electrons. The summed E-state index contributed by atoms with van der Waals surface area (Å²) >= 11 is 0. The van der Waals surface area contributed by atoms with Gasteiger partial charge in [0.2, 0.25) is 0 Å². The van der Waals surface area contributed by atoms with Gasteiger partial charge in [0.1, 0.15) is 11.5 Å². The van der Waals surface area contributed by atoms with Crippen LogP contribution in [0.5, 0.6) is 11.5 Å². The van der Waals surface area contributed by atoms with Crippen molar-refractivity contribution in [3.05, 3.63) is 23.8 Å². The number of nitrogens with zero attached hydrogens (tertiary/aromatic N) is 1. The number of oxime groups is 1. The Hall–Kier alpha value is -2.24. The van der Waals surface area contributed by atoms with Gasteiger partial charge in [-0.1, -0.05) is 5.16 Å². The molecule has 6 nitrogen and oxygen atoms in total. The van der Waals surface area contributed by atoms with Crippen LogP contribution >= 0.6 is 0 Å². The van der Waals surface area contributed by atoms with Gasteiger partial charge in [0, 0.05) is 6.42 Å². The van der Waals surface area contributed by atoms with E-state index in [9.17, 15) is 4.79 Å². The summed E-state index contributed by atoms with van der Waals surface area (Å²) in [5, 5.41) is 12.0. The zero-order valence-corrected chi connectivity index (χ0v) is 12.8. The SMILES string of the molecule is COc1ccc(OC)c(CC/C(=N\O)C(=O)OC(C)C)c1. The van der Waals surface area contributed by atoms with Gasteiger partial charge >= 0.3 is 5.97 Å². The summed E-state index contributed by atoms with van der Waals surface area (Å²) in [7, 11) is 3.14. The van der Waals surface area contributed by atoms with Crippen molar-refractivity contribution < 1.29 is 24.2 Å². The van der Waals surface area contributed by atoms with Crippen LogP contribution in [-0.2, 0) is 16.0 Å². The normalized spacial score (nSPS) is 11.4. The molecule has 0 saturated carbocycles. The lowest BCUT2D eigenvalue weighted by atomic mass is 10.1. The van der Waals surface area contributed by atoms with Crippen LogP contribution in [0.1, 0.15) is 25.8 Å². The number of rotatable bonds is 7. The highest BCUT2D eigenvalue weighted by atomic mass is 16.5. The van der Waals surface area contributed by atoms with E-state index >= 15 is 0 Å². The van der Waals surface area contributed by atoms with E-state index in [1.54, 1.807) is 40.2 Å². The second-order valence-corrected chi connectivity index (χ2v) is 4.68. The molecule has 0 unspecified atom stereocenters. The fourth-order valence-corrected chi connectivity index (χ4v) is 1.81. The lowest BCUT2D eigenvalue weighted by Gasteiger charge is -2.11. The zero-order chi connectivity index (χ0) is 15.8. The minimum Gasteiger partial charge on any atom is -0.497 e. The number of hydrogen-bond acceptors (Lipinski definition) is 6. The monoisotopic (exact) mass is 295 g/mol. The Balaban J connectivity index is 2.79. The molecule has 21 heavy (non-hydrogen) atoms. The van der Waals surface area contributed by atoms with Gasteiger partial charge in [-0.2, -0.15) is 0 Å². The molecular formula is C15H21NO5. The lowest BCUT2D eigenvalue weighted by Crippen LogP contribution is -2.22. The summed E-state index contributed by atoms with van der Waals surface area (Å²) in [6.07, 6.45) is 0.444. The van der Waals surface area contributed by atoms with Crippen molar-refractivity contribution >= 4 is 11.7 Å². The van der Waals surface area contributed by atoms with Gasteiger partial charge in [0.05, 0.1) is 20.3 Å². The Morgan fingerprint density at radius 2 is 2.00 bits per heavy atom. The molecule has 0 aromatic heterocycles. The smallest absolute Gasteiger partial charge is 0.356 e. The molecule has 0 aliphatic rings. The van der Waals surface area contributed by atoms with Crippen LogP contribution in [0.15, 0.2) is 23.4 Å². The number of carbonyl (C=O) groups is 1. The first-order valence-electron chi connectivity index (χ1n) is 6.64. The van der Waals surface area contributed by atoms with E-state index in [2.05, 4.69) is 5.16 Å². The topological polar surface area (TPSA) is 77.4 Å². The second-order valence-electron chi connectivity index (χ2n) is 4.68. The van der Waals surface area contributed by atoms with E-state index < -0.39 is 5.97 Å². The highest BCUT2D eigenvalue weighted by molar-refractivity contribution is 6.36. The van der Waals surface area contributed by atoms with E-state index in [1.165, 1.54) is 0 Å². The van der Waals surface area contributed by atoms with Crippen molar-refractivity contribution in [1.82, 2.24) is 0 Å². The van der Waals surface area contributed by atoms with Crippen molar-refractivity contribution in [3.63, 3.8) is 0 Å². The van der Waals surface area contributed by atoms with Crippen molar-refractivity contribution in [2.24, 2.45) is 5.16 Å². The standard InChI is InChI=1S/C15H21NO5/c1-10(2)21-15(17)13(16-18)7-5-11-9-12(19-3)6-8-14(11)20-4/h6,8-10,18H,5,7H2,1-4H3/b16-13+. The number of carbonyl (C=O) groups excluding carboxylic acids is 1. The maximum Gasteiger partial charge on any atom is 0.356 e. The van der Waals surface area contributed by atoms with E-state index in [0.717, 1.165) is 5.56 Å². The summed E-state index contributed by atoms with van der Waals surface area (Å²) < 4.78 is 15.4. The number of ether oxygens (including phenoxy) is 3. The predicted octanol–water partition coefficient (Wildman–Crippen LogP) is 2.42. The number of benzene rings is 1. The summed E-state index contributed by atoms with van der Waals surface area (Å²) in [4.78, 5) is 11.7. The molecule has 6 heteroatoms. The average molecular weight is 295 g/mol. The van der Waals surface area contributed by atoms with Gasteiger partial charge in [-0.3, -0.25) is 0 Å². The minimum atomic E-state index is -0.616. The number of methoxy groups -OCH3 is 2. The summed E-state index contributed by atoms with van der Waals surface area (Å²) in [6, 6.07) is 5.40. The Morgan fingerprint density at radius 1 is 1.29 bits per heavy atom. The molecule has 0 aliphatic carbocycles. The van der Waals surface area contributed by atoms with Crippen molar-refractivity contribution in [1.29, 1.82) is 0 Å². The molecule has 0 spiro atoms. The summed E-state index contributed by atoms with van der Waals surface area (Å²) in [5.74, 6) is 0.762. The van der Waals surface area contributed by atoms with E-state index in [1.807, 2.05) is 6.07 Å². The van der Waals surface area contributed by atoms with E-state index in [4.69, 9.17) is 19.4 Å². The quantitative estimate of drug-likeness (QED) is 0.362. The van der Waals surface area contributed by atoms with Gasteiger partial charge in [-0.15, -0.1) is 0 Å². The fraction of sp³-hybridized carbons (Fsp3) is 0.467. The van der Waals surface area contributed by atoms with Crippen LogP contribution < -0.4 is 9.47 Å². The molecule has 0 amide bonds. The molecule has 0 aliphatic heterocycles. The Bertz CT molecular complexity index is 511. The third kappa shape index (κ3) is 4.98. The molecule has 0 saturated heterocycles. The van der Waals surface area contributed by atoms with Crippen LogP contribution in [0.25, 0.3) is 0 Å². The van der Waals surface area contributed by atoms with Gasteiger partial charge < -0.3 is 19.4 Å². The Labute approximate surface area is 124 Å². The molecule has 0 fully saturated rings. The maximum absolute atomic E-state index is 11.7. The molecule has 116 valence electrons. The van der Waals surface area contributed by atoms with Crippen molar-refractivity contribution in [3.8, 4) is 11.5 Å². The molecule has 1 N–H and O–H groups in total. The van der Waals surface area contributed by atoms with Crippen LogP contribution in [0.4, 0.5) is 0 Å². The minimum absolute atomic E-state index is 0.0198. The third-order valence-corrected chi connectivity index (χ3v) is 2.82. The largest absolute Gasteiger partial charge is 0.497 e. The third-order valence-electron chi connectivity index (χ3n) is 2.82. The summed E-state index contributed by atoms with van der Waals surface area (Å²) in [5.41, 5.74) is 0.837. The van der Waals surface area contributed by atoms with Crippen molar-refractivity contribution in [2.75, 3.05) is 14.2 Å². The van der Waals surface area contributed by atoms with Crippen LogP contribution in [0, 0.1) is 0 Å².